The Hall–Kier alpha value is -2.32. The molecular weight excluding hydrogens is 364 g/mol. The van der Waals surface area contributed by atoms with Gasteiger partial charge in [0.2, 0.25) is 10.0 Å². The van der Waals surface area contributed by atoms with E-state index in [-0.39, 0.29) is 41.0 Å². The molecule has 2 aromatic carbocycles. The monoisotopic (exact) mass is 383 g/mol. The molecule has 2 aromatic rings. The molecule has 1 N–H and O–H groups in total. The van der Waals surface area contributed by atoms with Crippen molar-refractivity contribution in [1.82, 2.24) is 4.31 Å². The lowest BCUT2D eigenvalue weighted by molar-refractivity contribution is -0.136. The Kier molecular flexibility index (Phi) is 6.09. The van der Waals surface area contributed by atoms with Crippen molar-refractivity contribution in [2.75, 3.05) is 13.6 Å². The molecule has 8 heteroatoms. The second-order valence-electron chi connectivity index (χ2n) is 5.76. The van der Waals surface area contributed by atoms with E-state index in [1.165, 1.54) is 31.3 Å². The van der Waals surface area contributed by atoms with E-state index < -0.39 is 27.6 Å². The van der Waals surface area contributed by atoms with Crippen LogP contribution in [-0.4, -0.2) is 37.4 Å². The minimum Gasteiger partial charge on any atom is -0.481 e. The van der Waals surface area contributed by atoms with Crippen LogP contribution >= 0.6 is 0 Å². The van der Waals surface area contributed by atoms with Crippen LogP contribution in [0.25, 0.3) is 11.1 Å². The van der Waals surface area contributed by atoms with Crippen molar-refractivity contribution in [2.24, 2.45) is 0 Å². The van der Waals surface area contributed by atoms with Crippen LogP contribution in [0.3, 0.4) is 0 Å². The van der Waals surface area contributed by atoms with Crippen LogP contribution in [0.5, 0.6) is 0 Å². The van der Waals surface area contributed by atoms with E-state index in [1.807, 2.05) is 0 Å². The van der Waals surface area contributed by atoms with Crippen molar-refractivity contribution in [2.45, 2.75) is 24.7 Å². The number of carboxylic acid groups (broad SMARTS) is 1. The number of aliphatic carboxylic acids is 1. The molecular formula is C18H19F2NO4S. The topological polar surface area (TPSA) is 74.7 Å². The van der Waals surface area contributed by atoms with Crippen molar-refractivity contribution < 1.29 is 27.1 Å². The number of carboxylic acids is 1. The predicted octanol–water partition coefficient (Wildman–Crippen LogP) is 3.29. The largest absolute Gasteiger partial charge is 0.481 e. The fourth-order valence-electron chi connectivity index (χ4n) is 2.40. The van der Waals surface area contributed by atoms with Gasteiger partial charge in [-0.15, -0.1) is 0 Å². The molecule has 0 aliphatic heterocycles. The number of nitrogens with zero attached hydrogens (tertiary/aromatic N) is 1. The van der Waals surface area contributed by atoms with Gasteiger partial charge in [-0.2, -0.15) is 0 Å². The van der Waals surface area contributed by atoms with Gasteiger partial charge in [-0.25, -0.2) is 21.5 Å². The first-order chi connectivity index (χ1) is 12.2. The van der Waals surface area contributed by atoms with Crippen molar-refractivity contribution in [3.63, 3.8) is 0 Å². The first-order valence-corrected chi connectivity index (χ1v) is 9.37. The highest BCUT2D eigenvalue weighted by Crippen LogP contribution is 2.28. The Balaban J connectivity index is 2.35. The Bertz CT molecular complexity index is 929. The molecule has 2 rings (SSSR count). The maximum atomic E-state index is 14.4. The number of sulfonamides is 1. The van der Waals surface area contributed by atoms with E-state index >= 15 is 0 Å². The third kappa shape index (κ3) is 4.25. The molecule has 0 aliphatic rings. The number of aryl methyl sites for hydroxylation is 1. The molecule has 0 unspecified atom stereocenters. The fraction of sp³-hybridized carbons (Fsp3) is 0.278. The summed E-state index contributed by atoms with van der Waals surface area (Å²) < 4.78 is 54.1. The fourth-order valence-corrected chi connectivity index (χ4v) is 3.59. The molecule has 0 amide bonds. The molecule has 0 saturated carbocycles. The van der Waals surface area contributed by atoms with Gasteiger partial charge in [0, 0.05) is 25.6 Å². The van der Waals surface area contributed by atoms with E-state index in [9.17, 15) is 22.0 Å². The third-order valence-corrected chi connectivity index (χ3v) is 5.99. The Labute approximate surface area is 150 Å². The second-order valence-corrected chi connectivity index (χ2v) is 7.81. The van der Waals surface area contributed by atoms with Crippen LogP contribution in [0, 0.1) is 11.6 Å². The average molecular weight is 383 g/mol. The van der Waals surface area contributed by atoms with Crippen LogP contribution in [-0.2, 0) is 21.2 Å². The third-order valence-electron chi connectivity index (χ3n) is 4.07. The first-order valence-electron chi connectivity index (χ1n) is 7.93. The van der Waals surface area contributed by atoms with Crippen molar-refractivity contribution in [1.29, 1.82) is 0 Å². The van der Waals surface area contributed by atoms with Gasteiger partial charge in [0.05, 0.1) is 4.90 Å². The van der Waals surface area contributed by atoms with E-state index in [0.717, 1.165) is 16.4 Å². The average Bonchev–Trinajstić information content (AvgIpc) is 2.59. The SMILES string of the molecule is CCN(C)S(=O)(=O)c1ccc(-c2ccc(CCC(=O)O)c(F)c2)c(F)c1. The molecule has 0 heterocycles. The lowest BCUT2D eigenvalue weighted by Gasteiger charge is -2.15. The lowest BCUT2D eigenvalue weighted by atomic mass is 10.0. The van der Waals surface area contributed by atoms with Crippen LogP contribution < -0.4 is 0 Å². The highest BCUT2D eigenvalue weighted by atomic mass is 32.2. The van der Waals surface area contributed by atoms with Gasteiger partial charge in [0.1, 0.15) is 11.6 Å². The van der Waals surface area contributed by atoms with Gasteiger partial charge in [0.25, 0.3) is 0 Å². The molecule has 5 nitrogen and oxygen atoms in total. The van der Waals surface area contributed by atoms with Gasteiger partial charge >= 0.3 is 5.97 Å². The number of hydrogen-bond donors (Lipinski definition) is 1. The summed E-state index contributed by atoms with van der Waals surface area (Å²) in [5.74, 6) is -2.45. The minimum atomic E-state index is -3.78. The summed E-state index contributed by atoms with van der Waals surface area (Å²) in [6.07, 6.45) is -0.174. The Morgan fingerprint density at radius 3 is 2.35 bits per heavy atom. The zero-order valence-corrected chi connectivity index (χ0v) is 15.2. The number of carbonyl (C=O) groups is 1. The number of halogens is 2. The molecule has 140 valence electrons. The lowest BCUT2D eigenvalue weighted by Crippen LogP contribution is -2.26. The summed E-state index contributed by atoms with van der Waals surface area (Å²) >= 11 is 0. The molecule has 0 atom stereocenters. The number of hydrogen-bond acceptors (Lipinski definition) is 3. The maximum Gasteiger partial charge on any atom is 0.303 e. The smallest absolute Gasteiger partial charge is 0.303 e. The molecule has 0 spiro atoms. The van der Waals surface area contributed by atoms with Gasteiger partial charge < -0.3 is 5.11 Å². The molecule has 0 bridgehead atoms. The minimum absolute atomic E-state index is 0.0322. The van der Waals surface area contributed by atoms with Crippen LogP contribution in [0.2, 0.25) is 0 Å². The van der Waals surface area contributed by atoms with Crippen molar-refractivity contribution >= 4 is 16.0 Å². The standard InChI is InChI=1S/C18H19F2NO4S/c1-3-21(2)26(24,25)14-7-8-15(17(20)11-14)13-5-4-12(16(19)10-13)6-9-18(22)23/h4-5,7-8,10-11H,3,6,9H2,1-2H3,(H,22,23). The summed E-state index contributed by atoms with van der Waals surface area (Å²) in [6, 6.07) is 7.47. The van der Waals surface area contributed by atoms with E-state index in [4.69, 9.17) is 5.11 Å². The quantitative estimate of drug-likeness (QED) is 0.796. The zero-order valence-electron chi connectivity index (χ0n) is 14.4. The van der Waals surface area contributed by atoms with Gasteiger partial charge in [0.15, 0.2) is 0 Å². The van der Waals surface area contributed by atoms with Crippen molar-refractivity contribution in [3.05, 3.63) is 53.6 Å². The highest BCUT2D eigenvalue weighted by Gasteiger charge is 2.21. The maximum absolute atomic E-state index is 14.4. The summed E-state index contributed by atoms with van der Waals surface area (Å²) in [6.45, 7) is 1.91. The summed E-state index contributed by atoms with van der Waals surface area (Å²) in [5.41, 5.74) is 0.527. The Morgan fingerprint density at radius 1 is 1.12 bits per heavy atom. The molecule has 0 radical (unpaired) electrons. The van der Waals surface area contributed by atoms with Crippen molar-refractivity contribution in [3.8, 4) is 11.1 Å². The zero-order chi connectivity index (χ0) is 19.5. The van der Waals surface area contributed by atoms with E-state index in [2.05, 4.69) is 0 Å². The van der Waals surface area contributed by atoms with E-state index in [0.29, 0.717) is 0 Å². The molecule has 0 aromatic heterocycles. The first kappa shape index (κ1) is 20.0. The van der Waals surface area contributed by atoms with Crippen LogP contribution in [0.1, 0.15) is 18.9 Å². The van der Waals surface area contributed by atoms with Gasteiger partial charge in [-0.1, -0.05) is 25.1 Å². The summed E-state index contributed by atoms with van der Waals surface area (Å²) in [4.78, 5) is 10.4. The summed E-state index contributed by atoms with van der Waals surface area (Å²) in [7, 11) is -2.38. The highest BCUT2D eigenvalue weighted by molar-refractivity contribution is 7.89. The predicted molar refractivity (Wildman–Crippen MR) is 93.2 cm³/mol. The van der Waals surface area contributed by atoms with E-state index in [1.54, 1.807) is 6.92 Å². The Morgan fingerprint density at radius 2 is 1.81 bits per heavy atom. The van der Waals surface area contributed by atoms with Crippen LogP contribution in [0.15, 0.2) is 41.3 Å². The number of benzene rings is 2. The number of rotatable bonds is 7. The molecule has 0 saturated heterocycles. The molecule has 26 heavy (non-hydrogen) atoms. The normalized spacial score (nSPS) is 11.7. The summed E-state index contributed by atoms with van der Waals surface area (Å²) in [5, 5.41) is 8.66. The molecule has 0 aliphatic carbocycles. The van der Waals surface area contributed by atoms with Crippen LogP contribution in [0.4, 0.5) is 8.78 Å². The molecule has 0 fully saturated rings. The van der Waals surface area contributed by atoms with Gasteiger partial charge in [-0.05, 0) is 35.7 Å². The second kappa shape index (κ2) is 7.92. The van der Waals surface area contributed by atoms with Gasteiger partial charge in [-0.3, -0.25) is 4.79 Å².